The van der Waals surface area contributed by atoms with Gasteiger partial charge in [0.05, 0.1) is 7.11 Å². The molecule has 0 spiro atoms. The molecule has 0 bridgehead atoms. The van der Waals surface area contributed by atoms with E-state index in [0.717, 1.165) is 18.6 Å². The van der Waals surface area contributed by atoms with E-state index in [1.807, 2.05) is 18.5 Å². The molecule has 20 heavy (non-hydrogen) atoms. The second kappa shape index (κ2) is 5.63. The van der Waals surface area contributed by atoms with E-state index >= 15 is 0 Å². The highest BCUT2D eigenvalue weighted by molar-refractivity contribution is 5.41. The molecule has 0 amide bonds. The lowest BCUT2D eigenvalue weighted by atomic mass is 10.0. The number of nitrogens with one attached hydrogen (secondary N) is 1. The predicted molar refractivity (Wildman–Crippen MR) is 79.8 cm³/mol. The summed E-state index contributed by atoms with van der Waals surface area (Å²) in [4.78, 5) is 4.07. The molecule has 3 nitrogen and oxygen atoms in total. The van der Waals surface area contributed by atoms with Crippen molar-refractivity contribution in [2.45, 2.75) is 31.8 Å². The molecule has 0 radical (unpaired) electrons. The van der Waals surface area contributed by atoms with E-state index in [9.17, 15) is 0 Å². The lowest BCUT2D eigenvalue weighted by Crippen LogP contribution is -2.23. The van der Waals surface area contributed by atoms with Crippen molar-refractivity contribution in [3.63, 3.8) is 0 Å². The largest absolute Gasteiger partial charge is 0.497 e. The smallest absolute Gasteiger partial charge is 0.119 e. The minimum Gasteiger partial charge on any atom is -0.497 e. The van der Waals surface area contributed by atoms with E-state index in [-0.39, 0.29) is 0 Å². The van der Waals surface area contributed by atoms with Crippen LogP contribution in [0.5, 0.6) is 5.75 Å². The Kier molecular flexibility index (Phi) is 3.70. The average molecular weight is 268 g/mol. The van der Waals surface area contributed by atoms with Crippen LogP contribution in [0.3, 0.4) is 0 Å². The summed E-state index contributed by atoms with van der Waals surface area (Å²) in [5, 5.41) is 3.72. The van der Waals surface area contributed by atoms with Crippen LogP contribution in [0.4, 0.5) is 0 Å². The summed E-state index contributed by atoms with van der Waals surface area (Å²) in [7, 11) is 1.72. The fourth-order valence-electron chi connectivity index (χ4n) is 2.93. The number of hydrogen-bond donors (Lipinski definition) is 1. The SMILES string of the molecule is COc1ccc2c(c1)C(N[C@H](C)c1ccncc1)CC2. The summed E-state index contributed by atoms with van der Waals surface area (Å²) in [6.45, 7) is 2.20. The maximum Gasteiger partial charge on any atom is 0.119 e. The molecule has 2 aromatic rings. The van der Waals surface area contributed by atoms with Gasteiger partial charge in [0.25, 0.3) is 0 Å². The number of rotatable bonds is 4. The Morgan fingerprint density at radius 1 is 1.25 bits per heavy atom. The van der Waals surface area contributed by atoms with E-state index in [1.54, 1.807) is 7.11 Å². The second-order valence-corrected chi connectivity index (χ2v) is 5.32. The standard InChI is InChI=1S/C17H20N2O/c1-12(13-7-9-18-10-8-13)19-17-6-4-14-3-5-15(20-2)11-16(14)17/h3,5,7-12,17,19H,4,6H2,1-2H3/t12-,17?/m1/s1. The number of methoxy groups -OCH3 is 1. The van der Waals surface area contributed by atoms with Gasteiger partial charge in [-0.25, -0.2) is 0 Å². The van der Waals surface area contributed by atoms with E-state index in [1.165, 1.54) is 16.7 Å². The minimum atomic E-state index is 0.320. The Hall–Kier alpha value is -1.87. The van der Waals surface area contributed by atoms with Crippen LogP contribution in [0.2, 0.25) is 0 Å². The molecule has 0 fully saturated rings. The second-order valence-electron chi connectivity index (χ2n) is 5.32. The third-order valence-electron chi connectivity index (χ3n) is 4.09. The van der Waals surface area contributed by atoms with Gasteiger partial charge in [-0.2, -0.15) is 0 Å². The van der Waals surface area contributed by atoms with E-state index in [0.29, 0.717) is 12.1 Å². The summed E-state index contributed by atoms with van der Waals surface area (Å²) in [6.07, 6.45) is 5.98. The Labute approximate surface area is 120 Å². The Morgan fingerprint density at radius 3 is 2.80 bits per heavy atom. The molecule has 0 saturated heterocycles. The van der Waals surface area contributed by atoms with Gasteiger partial charge >= 0.3 is 0 Å². The van der Waals surface area contributed by atoms with E-state index in [4.69, 9.17) is 4.74 Å². The third-order valence-corrected chi connectivity index (χ3v) is 4.09. The molecule has 104 valence electrons. The molecular weight excluding hydrogens is 248 g/mol. The number of aromatic nitrogens is 1. The zero-order valence-electron chi connectivity index (χ0n) is 12.0. The van der Waals surface area contributed by atoms with Crippen molar-refractivity contribution in [2.75, 3.05) is 7.11 Å². The number of ether oxygens (including phenoxy) is 1. The first kappa shape index (κ1) is 13.1. The molecule has 1 heterocycles. The third kappa shape index (κ3) is 2.54. The lowest BCUT2D eigenvalue weighted by Gasteiger charge is -2.21. The normalized spacial score (nSPS) is 18.6. The number of nitrogens with zero attached hydrogens (tertiary/aromatic N) is 1. The summed E-state index contributed by atoms with van der Waals surface area (Å²) in [6, 6.07) is 11.3. The van der Waals surface area contributed by atoms with Gasteiger partial charge in [-0.1, -0.05) is 6.07 Å². The number of benzene rings is 1. The number of pyridine rings is 1. The van der Waals surface area contributed by atoms with Gasteiger partial charge in [0.1, 0.15) is 5.75 Å². The molecule has 0 aliphatic heterocycles. The van der Waals surface area contributed by atoms with E-state index in [2.05, 4.69) is 41.5 Å². The van der Waals surface area contributed by atoms with Crippen molar-refractivity contribution >= 4 is 0 Å². The zero-order valence-corrected chi connectivity index (χ0v) is 12.0. The van der Waals surface area contributed by atoms with Crippen LogP contribution in [0.1, 0.15) is 42.1 Å². The van der Waals surface area contributed by atoms with Gasteiger partial charge in [-0.05, 0) is 60.7 Å². The lowest BCUT2D eigenvalue weighted by molar-refractivity contribution is 0.412. The highest BCUT2D eigenvalue weighted by atomic mass is 16.5. The van der Waals surface area contributed by atoms with Crippen molar-refractivity contribution in [2.24, 2.45) is 0 Å². The number of hydrogen-bond acceptors (Lipinski definition) is 3. The van der Waals surface area contributed by atoms with Crippen LogP contribution >= 0.6 is 0 Å². The van der Waals surface area contributed by atoms with Crippen molar-refractivity contribution in [1.82, 2.24) is 10.3 Å². The van der Waals surface area contributed by atoms with Gasteiger partial charge < -0.3 is 10.1 Å². The van der Waals surface area contributed by atoms with Crippen molar-refractivity contribution in [1.29, 1.82) is 0 Å². The van der Waals surface area contributed by atoms with Crippen LogP contribution in [-0.4, -0.2) is 12.1 Å². The van der Waals surface area contributed by atoms with Crippen LogP contribution in [-0.2, 0) is 6.42 Å². The highest BCUT2D eigenvalue weighted by Gasteiger charge is 2.24. The van der Waals surface area contributed by atoms with Crippen LogP contribution in [0.15, 0.2) is 42.7 Å². The molecule has 1 aromatic heterocycles. The van der Waals surface area contributed by atoms with Crippen LogP contribution in [0, 0.1) is 0 Å². The molecule has 0 saturated carbocycles. The molecule has 1 aliphatic rings. The Balaban J connectivity index is 1.78. The van der Waals surface area contributed by atoms with Gasteiger partial charge in [-0.15, -0.1) is 0 Å². The van der Waals surface area contributed by atoms with Crippen LogP contribution in [0.25, 0.3) is 0 Å². The summed E-state index contributed by atoms with van der Waals surface area (Å²) < 4.78 is 5.34. The zero-order chi connectivity index (χ0) is 13.9. The fourth-order valence-corrected chi connectivity index (χ4v) is 2.93. The maximum absolute atomic E-state index is 5.34. The fraction of sp³-hybridized carbons (Fsp3) is 0.353. The minimum absolute atomic E-state index is 0.320. The molecule has 2 atom stereocenters. The molecule has 3 rings (SSSR count). The molecule has 1 aromatic carbocycles. The number of aryl methyl sites for hydroxylation is 1. The Morgan fingerprint density at radius 2 is 2.05 bits per heavy atom. The van der Waals surface area contributed by atoms with Gasteiger partial charge in [0.2, 0.25) is 0 Å². The van der Waals surface area contributed by atoms with Gasteiger partial charge in [0, 0.05) is 24.5 Å². The van der Waals surface area contributed by atoms with Crippen molar-refractivity contribution in [3.05, 3.63) is 59.4 Å². The average Bonchev–Trinajstić information content (AvgIpc) is 2.90. The highest BCUT2D eigenvalue weighted by Crippen LogP contribution is 2.35. The monoisotopic (exact) mass is 268 g/mol. The van der Waals surface area contributed by atoms with Gasteiger partial charge in [-0.3, -0.25) is 4.98 Å². The Bertz CT molecular complexity index is 583. The van der Waals surface area contributed by atoms with Crippen molar-refractivity contribution < 1.29 is 4.74 Å². The molecule has 1 unspecified atom stereocenters. The maximum atomic E-state index is 5.34. The molecule has 1 N–H and O–H groups in total. The number of fused-ring (bicyclic) bond motifs is 1. The first-order valence-electron chi connectivity index (χ1n) is 7.10. The summed E-state index contributed by atoms with van der Waals surface area (Å²) in [5.74, 6) is 0.939. The first-order chi connectivity index (χ1) is 9.78. The first-order valence-corrected chi connectivity index (χ1v) is 7.10. The molecule has 3 heteroatoms. The van der Waals surface area contributed by atoms with Gasteiger partial charge in [0.15, 0.2) is 0 Å². The van der Waals surface area contributed by atoms with E-state index < -0.39 is 0 Å². The predicted octanol–water partition coefficient (Wildman–Crippen LogP) is 3.43. The molecular formula is C17H20N2O. The van der Waals surface area contributed by atoms with Crippen LogP contribution < -0.4 is 10.1 Å². The molecule has 1 aliphatic carbocycles. The van der Waals surface area contributed by atoms with Crippen molar-refractivity contribution in [3.8, 4) is 5.75 Å². The topological polar surface area (TPSA) is 34.1 Å². The summed E-state index contributed by atoms with van der Waals surface area (Å²) in [5.41, 5.74) is 4.09. The summed E-state index contributed by atoms with van der Waals surface area (Å²) >= 11 is 0. The quantitative estimate of drug-likeness (QED) is 0.922.